The van der Waals surface area contributed by atoms with Crippen molar-refractivity contribution >= 4 is 22.0 Å². The van der Waals surface area contributed by atoms with Gasteiger partial charge in [-0.3, -0.25) is 9.79 Å². The lowest BCUT2D eigenvalue weighted by atomic mass is 9.91. The number of amides is 1. The summed E-state index contributed by atoms with van der Waals surface area (Å²) in [6, 6.07) is 9.81. The molecule has 3 atom stereocenters. The van der Waals surface area contributed by atoms with Crippen LogP contribution in [0.2, 0.25) is 0 Å². The highest BCUT2D eigenvalue weighted by Gasteiger charge is 2.33. The second-order valence-corrected chi connectivity index (χ2v) is 12.6. The van der Waals surface area contributed by atoms with Crippen LogP contribution in [0.3, 0.4) is 0 Å². The van der Waals surface area contributed by atoms with E-state index in [4.69, 9.17) is 5.26 Å². The largest absolute Gasteiger partial charge is 0.355 e. The van der Waals surface area contributed by atoms with Crippen molar-refractivity contribution in [3.8, 4) is 6.07 Å². The van der Waals surface area contributed by atoms with Gasteiger partial charge < -0.3 is 10.2 Å². The van der Waals surface area contributed by atoms with E-state index >= 15 is 0 Å². The van der Waals surface area contributed by atoms with Crippen molar-refractivity contribution in [1.29, 1.82) is 5.26 Å². The molecule has 0 aromatic heterocycles. The molecule has 3 unspecified atom stereocenters. The summed E-state index contributed by atoms with van der Waals surface area (Å²) in [6.45, 7) is 4.97. The van der Waals surface area contributed by atoms with Crippen LogP contribution in [0.15, 0.2) is 41.0 Å². The van der Waals surface area contributed by atoms with Gasteiger partial charge in [0, 0.05) is 37.7 Å². The van der Waals surface area contributed by atoms with Crippen LogP contribution in [0.4, 0.5) is 0 Å². The van der Waals surface area contributed by atoms with Gasteiger partial charge in [-0.1, -0.05) is 31.9 Å². The number of likely N-dealkylation sites (tertiary alicyclic amines) is 1. The molecule has 1 aromatic carbocycles. The molecule has 2 aliphatic rings. The Kier molecular flexibility index (Phi) is 10.7. The standard InChI is InChI=1S/C28H40N4O3S/c1-3-4-5-13-32-14-11-27(36(2,34)35)17-26(21-32)28(33)31-12-10-24-16-25(20-30-19-24)15-22-6-8-23(18-29)9-7-22/h6-9,19-20,25-27H,3-5,10-17,21H2,1-2H3,(H,31,33). The fourth-order valence-electron chi connectivity index (χ4n) is 5.12. The van der Waals surface area contributed by atoms with Gasteiger partial charge in [-0.25, -0.2) is 8.42 Å². The molecule has 196 valence electrons. The normalized spacial score (nSPS) is 22.9. The summed E-state index contributed by atoms with van der Waals surface area (Å²) in [5, 5.41) is 11.6. The number of unbranched alkanes of at least 4 members (excludes halogenated alkanes) is 2. The molecule has 1 fully saturated rings. The number of rotatable bonds is 11. The average molecular weight is 513 g/mol. The minimum Gasteiger partial charge on any atom is -0.355 e. The Morgan fingerprint density at radius 1 is 1.25 bits per heavy atom. The zero-order valence-electron chi connectivity index (χ0n) is 21.7. The fourth-order valence-corrected chi connectivity index (χ4v) is 6.23. The van der Waals surface area contributed by atoms with E-state index in [0.717, 1.165) is 51.6 Å². The first kappa shape index (κ1) is 28.1. The first-order chi connectivity index (χ1) is 17.3. The van der Waals surface area contributed by atoms with Crippen molar-refractivity contribution in [1.82, 2.24) is 10.2 Å². The molecule has 0 spiro atoms. The Morgan fingerprint density at radius 3 is 2.72 bits per heavy atom. The molecule has 0 aliphatic carbocycles. The Labute approximate surface area is 216 Å². The monoisotopic (exact) mass is 512 g/mol. The average Bonchev–Trinajstić information content (AvgIpc) is 3.08. The zero-order valence-corrected chi connectivity index (χ0v) is 22.5. The molecule has 3 rings (SSSR count). The lowest BCUT2D eigenvalue weighted by Crippen LogP contribution is -2.39. The summed E-state index contributed by atoms with van der Waals surface area (Å²) in [7, 11) is -3.19. The van der Waals surface area contributed by atoms with Crippen LogP contribution in [-0.4, -0.2) is 63.1 Å². The second-order valence-electron chi connectivity index (χ2n) is 10.3. The minimum atomic E-state index is -3.19. The number of nitrogens with zero attached hydrogens (tertiary/aromatic N) is 3. The quantitative estimate of drug-likeness (QED) is 0.453. The maximum Gasteiger partial charge on any atom is 0.224 e. The first-order valence-corrected chi connectivity index (χ1v) is 15.1. The molecule has 0 saturated carbocycles. The Bertz CT molecular complexity index is 1070. The summed E-state index contributed by atoms with van der Waals surface area (Å²) in [5.41, 5.74) is 3.04. The molecule has 0 bridgehead atoms. The van der Waals surface area contributed by atoms with Crippen LogP contribution in [-0.2, 0) is 21.1 Å². The molecular formula is C28H40N4O3S. The highest BCUT2D eigenvalue weighted by atomic mass is 32.2. The van der Waals surface area contributed by atoms with Crippen LogP contribution in [0.25, 0.3) is 0 Å². The number of nitrogens with one attached hydrogen (secondary N) is 1. The smallest absolute Gasteiger partial charge is 0.224 e. The molecule has 8 heteroatoms. The SMILES string of the molecule is CCCCCN1CCC(S(C)(=O)=O)CC(C(=O)NCCC2=CN=CC(Cc3ccc(C#N)cc3)C2)C1. The molecule has 1 saturated heterocycles. The van der Waals surface area contributed by atoms with E-state index in [1.54, 1.807) is 0 Å². The van der Waals surface area contributed by atoms with E-state index in [0.29, 0.717) is 37.4 Å². The predicted molar refractivity (Wildman–Crippen MR) is 144 cm³/mol. The van der Waals surface area contributed by atoms with Crippen molar-refractivity contribution in [2.45, 2.75) is 63.5 Å². The predicted octanol–water partition coefficient (Wildman–Crippen LogP) is 3.90. The third-order valence-electron chi connectivity index (χ3n) is 7.25. The Balaban J connectivity index is 1.50. The number of hydrogen-bond acceptors (Lipinski definition) is 6. The number of benzene rings is 1. The van der Waals surface area contributed by atoms with Crippen LogP contribution in [0, 0.1) is 23.2 Å². The van der Waals surface area contributed by atoms with Gasteiger partial charge in [0.2, 0.25) is 5.91 Å². The molecule has 1 N–H and O–H groups in total. The van der Waals surface area contributed by atoms with E-state index in [-0.39, 0.29) is 11.8 Å². The summed E-state index contributed by atoms with van der Waals surface area (Å²) in [5.74, 6) is -0.0564. The maximum absolute atomic E-state index is 13.1. The minimum absolute atomic E-state index is 0.0416. The summed E-state index contributed by atoms with van der Waals surface area (Å²) >= 11 is 0. The van der Waals surface area contributed by atoms with Crippen molar-refractivity contribution < 1.29 is 13.2 Å². The second kappa shape index (κ2) is 13.7. The van der Waals surface area contributed by atoms with Gasteiger partial charge in [0.1, 0.15) is 9.84 Å². The van der Waals surface area contributed by atoms with Crippen LogP contribution in [0.5, 0.6) is 0 Å². The number of aliphatic imine (C=N–C) groups is 1. The fraction of sp³-hybridized carbons (Fsp3) is 0.607. The highest BCUT2D eigenvalue weighted by molar-refractivity contribution is 7.91. The molecule has 1 aromatic rings. The molecule has 0 radical (unpaired) electrons. The molecule has 1 amide bonds. The third kappa shape index (κ3) is 8.86. The lowest BCUT2D eigenvalue weighted by molar-refractivity contribution is -0.125. The van der Waals surface area contributed by atoms with Crippen LogP contribution < -0.4 is 5.32 Å². The zero-order chi connectivity index (χ0) is 26.0. The van der Waals surface area contributed by atoms with E-state index in [9.17, 15) is 13.2 Å². The van der Waals surface area contributed by atoms with Crippen molar-refractivity contribution in [2.75, 3.05) is 32.4 Å². The van der Waals surface area contributed by atoms with E-state index in [1.165, 1.54) is 17.4 Å². The summed E-state index contributed by atoms with van der Waals surface area (Å²) in [6.07, 6.45) is 12.0. The van der Waals surface area contributed by atoms with Gasteiger partial charge in [-0.15, -0.1) is 0 Å². The van der Waals surface area contributed by atoms with E-state index < -0.39 is 15.1 Å². The molecule has 2 aliphatic heterocycles. The number of carbonyl (C=O) groups excluding carboxylic acids is 1. The van der Waals surface area contributed by atoms with Crippen LogP contribution >= 0.6 is 0 Å². The number of hydrogen-bond donors (Lipinski definition) is 1. The Morgan fingerprint density at radius 2 is 2.03 bits per heavy atom. The van der Waals surface area contributed by atoms with Gasteiger partial charge in [0.15, 0.2) is 0 Å². The number of carbonyl (C=O) groups is 1. The lowest BCUT2D eigenvalue weighted by Gasteiger charge is -2.24. The van der Waals surface area contributed by atoms with Crippen molar-refractivity contribution in [3.63, 3.8) is 0 Å². The molecule has 7 nitrogen and oxygen atoms in total. The topological polar surface area (TPSA) is 103 Å². The summed E-state index contributed by atoms with van der Waals surface area (Å²) < 4.78 is 24.6. The Hall–Kier alpha value is -2.50. The van der Waals surface area contributed by atoms with Gasteiger partial charge in [-0.05, 0) is 74.9 Å². The molecule has 36 heavy (non-hydrogen) atoms. The van der Waals surface area contributed by atoms with Gasteiger partial charge in [-0.2, -0.15) is 5.26 Å². The van der Waals surface area contributed by atoms with Crippen LogP contribution in [0.1, 0.15) is 63.0 Å². The number of sulfone groups is 1. The van der Waals surface area contributed by atoms with Crippen molar-refractivity contribution in [2.24, 2.45) is 16.8 Å². The summed E-state index contributed by atoms with van der Waals surface area (Å²) in [4.78, 5) is 19.8. The number of nitriles is 1. The molecular weight excluding hydrogens is 472 g/mol. The first-order valence-electron chi connectivity index (χ1n) is 13.2. The van der Waals surface area contributed by atoms with Gasteiger partial charge in [0.05, 0.1) is 22.8 Å². The third-order valence-corrected chi connectivity index (χ3v) is 8.89. The van der Waals surface area contributed by atoms with Crippen molar-refractivity contribution in [3.05, 3.63) is 47.2 Å². The molecule has 2 heterocycles. The van der Waals surface area contributed by atoms with E-state index in [1.807, 2.05) is 36.7 Å². The van der Waals surface area contributed by atoms with Gasteiger partial charge in [0.25, 0.3) is 0 Å². The highest BCUT2D eigenvalue weighted by Crippen LogP contribution is 2.24. The maximum atomic E-state index is 13.1. The van der Waals surface area contributed by atoms with Gasteiger partial charge >= 0.3 is 0 Å². The van der Waals surface area contributed by atoms with E-state index in [2.05, 4.69) is 28.2 Å².